The highest BCUT2D eigenvalue weighted by atomic mass is 32.2. The Hall–Kier alpha value is -0.880. The van der Waals surface area contributed by atoms with Crippen molar-refractivity contribution in [1.82, 2.24) is 0 Å². The summed E-state index contributed by atoms with van der Waals surface area (Å²) in [5.41, 5.74) is 4.53. The van der Waals surface area contributed by atoms with Gasteiger partial charge in [0.05, 0.1) is 12.4 Å². The van der Waals surface area contributed by atoms with Gasteiger partial charge in [0.1, 0.15) is 0 Å². The molecule has 0 spiro atoms. The molecule has 0 saturated heterocycles. The molecule has 0 rings (SSSR count). The molecule has 0 aromatic heterocycles. The summed E-state index contributed by atoms with van der Waals surface area (Å²) in [6, 6.07) is 0. The van der Waals surface area contributed by atoms with Crippen molar-refractivity contribution in [3.63, 3.8) is 0 Å². The lowest BCUT2D eigenvalue weighted by molar-refractivity contribution is -0.113. The molecule has 6 heteroatoms. The molecule has 5 nitrogen and oxygen atoms in total. The second-order valence-corrected chi connectivity index (χ2v) is 5.23. The first-order valence-corrected chi connectivity index (χ1v) is 6.61. The monoisotopic (exact) mass is 251 g/mol. The zero-order valence-corrected chi connectivity index (χ0v) is 10.9. The quantitative estimate of drug-likeness (QED) is 0.565. The first kappa shape index (κ1) is 17.5. The SMILES string of the molecule is C=CC(N)=O.CCCOS(=O)(=O)CC(C)C. The maximum atomic E-state index is 11.0. The molecule has 0 aliphatic heterocycles. The summed E-state index contributed by atoms with van der Waals surface area (Å²) < 4.78 is 26.6. The maximum Gasteiger partial charge on any atom is 0.267 e. The van der Waals surface area contributed by atoms with Gasteiger partial charge in [0.25, 0.3) is 10.1 Å². The van der Waals surface area contributed by atoms with Crippen LogP contribution >= 0.6 is 0 Å². The summed E-state index contributed by atoms with van der Waals surface area (Å²) in [4.78, 5) is 9.47. The standard InChI is InChI=1S/C7H16O3S.C3H5NO/c1-4-5-10-11(8,9)6-7(2)3;1-2-3(4)5/h7H,4-6H2,1-3H3;2H,1H2,(H2,4,5). The van der Waals surface area contributed by atoms with Gasteiger partial charge in [-0.15, -0.1) is 0 Å². The molecule has 16 heavy (non-hydrogen) atoms. The van der Waals surface area contributed by atoms with Gasteiger partial charge in [-0.05, 0) is 18.4 Å². The van der Waals surface area contributed by atoms with Crippen LogP contribution < -0.4 is 5.73 Å². The van der Waals surface area contributed by atoms with Gasteiger partial charge in [0, 0.05) is 0 Å². The summed E-state index contributed by atoms with van der Waals surface area (Å²) in [7, 11) is -3.24. The summed E-state index contributed by atoms with van der Waals surface area (Å²) in [6.45, 7) is 8.97. The van der Waals surface area contributed by atoms with Crippen LogP contribution in [0.2, 0.25) is 0 Å². The third-order valence-electron chi connectivity index (χ3n) is 1.21. The summed E-state index contributed by atoms with van der Waals surface area (Å²) in [5.74, 6) is -0.227. The molecule has 0 heterocycles. The number of nitrogens with two attached hydrogens (primary N) is 1. The van der Waals surface area contributed by atoms with Crippen LogP contribution in [0.15, 0.2) is 12.7 Å². The van der Waals surface area contributed by atoms with Gasteiger partial charge in [-0.25, -0.2) is 0 Å². The van der Waals surface area contributed by atoms with Crippen LogP contribution in [0, 0.1) is 5.92 Å². The Balaban J connectivity index is 0. The molecule has 0 atom stereocenters. The van der Waals surface area contributed by atoms with E-state index in [9.17, 15) is 13.2 Å². The predicted molar refractivity (Wildman–Crippen MR) is 64.3 cm³/mol. The van der Waals surface area contributed by atoms with Crippen LogP contribution in [-0.2, 0) is 19.1 Å². The largest absolute Gasteiger partial charge is 0.366 e. The Morgan fingerprint density at radius 1 is 1.50 bits per heavy atom. The summed E-state index contributed by atoms with van der Waals surface area (Å²) >= 11 is 0. The molecule has 0 bridgehead atoms. The van der Waals surface area contributed by atoms with Crippen LogP contribution in [0.3, 0.4) is 0 Å². The van der Waals surface area contributed by atoms with Crippen LogP contribution in [-0.4, -0.2) is 26.7 Å². The molecule has 0 unspecified atom stereocenters. The highest BCUT2D eigenvalue weighted by molar-refractivity contribution is 7.86. The normalized spacial score (nSPS) is 10.5. The molecule has 96 valence electrons. The molecule has 0 radical (unpaired) electrons. The first-order valence-electron chi connectivity index (χ1n) is 5.04. The van der Waals surface area contributed by atoms with E-state index in [1.165, 1.54) is 0 Å². The Labute approximate surface area is 97.8 Å². The van der Waals surface area contributed by atoms with Crippen molar-refractivity contribution < 1.29 is 17.4 Å². The molecule has 1 amide bonds. The van der Waals surface area contributed by atoms with Crippen molar-refractivity contribution in [3.8, 4) is 0 Å². The number of carbonyl (C=O) groups excluding carboxylic acids is 1. The Morgan fingerprint density at radius 3 is 2.19 bits per heavy atom. The minimum absolute atomic E-state index is 0.118. The minimum atomic E-state index is -3.24. The third-order valence-corrected chi connectivity index (χ3v) is 2.81. The van der Waals surface area contributed by atoms with Crippen LogP contribution in [0.25, 0.3) is 0 Å². The van der Waals surface area contributed by atoms with E-state index in [2.05, 4.69) is 16.5 Å². The van der Waals surface area contributed by atoms with Gasteiger partial charge < -0.3 is 5.73 Å². The Morgan fingerprint density at radius 2 is 1.94 bits per heavy atom. The van der Waals surface area contributed by atoms with Gasteiger partial charge in [-0.3, -0.25) is 8.98 Å². The van der Waals surface area contributed by atoms with E-state index in [4.69, 9.17) is 0 Å². The van der Waals surface area contributed by atoms with Gasteiger partial charge >= 0.3 is 0 Å². The molecular formula is C10H21NO4S. The zero-order chi connectivity index (χ0) is 13.2. The van der Waals surface area contributed by atoms with E-state index in [1.54, 1.807) is 0 Å². The molecule has 0 aromatic rings. The highest BCUT2D eigenvalue weighted by Crippen LogP contribution is 2.02. The molecule has 0 aliphatic rings. The number of rotatable bonds is 6. The summed E-state index contributed by atoms with van der Waals surface area (Å²) in [6.07, 6.45) is 1.79. The Bertz CT molecular complexity index is 296. The smallest absolute Gasteiger partial charge is 0.267 e. The van der Waals surface area contributed by atoms with Gasteiger partial charge in [-0.1, -0.05) is 27.4 Å². The van der Waals surface area contributed by atoms with Crippen molar-refractivity contribution in [3.05, 3.63) is 12.7 Å². The van der Waals surface area contributed by atoms with E-state index < -0.39 is 16.0 Å². The van der Waals surface area contributed by atoms with Crippen molar-refractivity contribution in [2.24, 2.45) is 11.7 Å². The lowest BCUT2D eigenvalue weighted by atomic mass is 10.3. The lowest BCUT2D eigenvalue weighted by Crippen LogP contribution is -2.15. The number of hydrogen-bond donors (Lipinski definition) is 1. The summed E-state index contributed by atoms with van der Waals surface area (Å²) in [5, 5.41) is 0. The van der Waals surface area contributed by atoms with Crippen molar-refractivity contribution in [1.29, 1.82) is 0 Å². The topological polar surface area (TPSA) is 86.5 Å². The highest BCUT2D eigenvalue weighted by Gasteiger charge is 2.12. The lowest BCUT2D eigenvalue weighted by Gasteiger charge is -2.05. The third kappa shape index (κ3) is 15.6. The second-order valence-electron chi connectivity index (χ2n) is 3.55. The van der Waals surface area contributed by atoms with Crippen molar-refractivity contribution >= 4 is 16.0 Å². The van der Waals surface area contributed by atoms with Crippen LogP contribution in [0.1, 0.15) is 27.2 Å². The number of primary amides is 1. The van der Waals surface area contributed by atoms with Gasteiger partial charge in [0.2, 0.25) is 5.91 Å². The van der Waals surface area contributed by atoms with E-state index in [-0.39, 0.29) is 11.7 Å². The zero-order valence-electron chi connectivity index (χ0n) is 10.1. The number of carbonyl (C=O) groups is 1. The van der Waals surface area contributed by atoms with Gasteiger partial charge in [0.15, 0.2) is 0 Å². The van der Waals surface area contributed by atoms with Crippen molar-refractivity contribution in [2.75, 3.05) is 12.4 Å². The van der Waals surface area contributed by atoms with E-state index in [1.807, 2.05) is 20.8 Å². The average molecular weight is 251 g/mol. The number of amides is 1. The first-order chi connectivity index (χ1) is 7.25. The second kappa shape index (κ2) is 9.35. The van der Waals surface area contributed by atoms with Crippen molar-refractivity contribution in [2.45, 2.75) is 27.2 Å². The fourth-order valence-electron chi connectivity index (χ4n) is 0.667. The molecular weight excluding hydrogens is 230 g/mol. The van der Waals surface area contributed by atoms with E-state index in [0.717, 1.165) is 12.5 Å². The minimum Gasteiger partial charge on any atom is -0.366 e. The van der Waals surface area contributed by atoms with E-state index >= 15 is 0 Å². The van der Waals surface area contributed by atoms with E-state index in [0.29, 0.717) is 6.61 Å². The van der Waals surface area contributed by atoms with Gasteiger partial charge in [-0.2, -0.15) is 8.42 Å². The molecule has 0 fully saturated rings. The van der Waals surface area contributed by atoms with Crippen LogP contribution in [0.5, 0.6) is 0 Å². The Kier molecular flexibility index (Phi) is 10.2. The maximum absolute atomic E-state index is 11.0. The fourth-order valence-corrected chi connectivity index (χ4v) is 2.00. The molecule has 0 saturated carbocycles. The predicted octanol–water partition coefficient (Wildman–Crippen LogP) is 1.06. The fraction of sp³-hybridized carbons (Fsp3) is 0.700. The number of hydrogen-bond acceptors (Lipinski definition) is 4. The molecule has 0 aromatic carbocycles. The van der Waals surface area contributed by atoms with Crippen LogP contribution in [0.4, 0.5) is 0 Å². The molecule has 2 N–H and O–H groups in total. The molecule has 0 aliphatic carbocycles. The average Bonchev–Trinajstić information content (AvgIpc) is 2.14.